The number of hydrogen-bond donors (Lipinski definition) is 3. The van der Waals surface area contributed by atoms with Crippen LogP contribution < -0.4 is 10.6 Å². The van der Waals surface area contributed by atoms with Crippen LogP contribution in [0.4, 0.5) is 9.93 Å². The van der Waals surface area contributed by atoms with E-state index in [2.05, 4.69) is 26.7 Å². The predicted octanol–water partition coefficient (Wildman–Crippen LogP) is 3.43. The van der Waals surface area contributed by atoms with Crippen molar-refractivity contribution in [3.05, 3.63) is 36.7 Å². The van der Waals surface area contributed by atoms with Crippen LogP contribution in [0.15, 0.2) is 36.7 Å². The van der Waals surface area contributed by atoms with Gasteiger partial charge in [0.2, 0.25) is 0 Å². The van der Waals surface area contributed by atoms with Crippen LogP contribution in [0.3, 0.4) is 0 Å². The SMILES string of the molecule is CCNC(=O)Nc1nc2ccc(-c3cc[nH]c3)cc2s1. The van der Waals surface area contributed by atoms with Crippen LogP contribution in [0.1, 0.15) is 6.92 Å². The minimum Gasteiger partial charge on any atom is -0.367 e. The first kappa shape index (κ1) is 12.7. The van der Waals surface area contributed by atoms with Crippen LogP contribution in [0.25, 0.3) is 21.3 Å². The fourth-order valence-electron chi connectivity index (χ4n) is 1.96. The lowest BCUT2D eigenvalue weighted by atomic mass is 10.1. The third kappa shape index (κ3) is 2.50. The Morgan fingerprint density at radius 1 is 1.35 bits per heavy atom. The Labute approximate surface area is 120 Å². The molecule has 0 aliphatic heterocycles. The van der Waals surface area contributed by atoms with E-state index in [1.807, 2.05) is 37.5 Å². The number of rotatable bonds is 3. The van der Waals surface area contributed by atoms with E-state index >= 15 is 0 Å². The molecule has 3 rings (SSSR count). The molecule has 6 heteroatoms. The van der Waals surface area contributed by atoms with E-state index in [0.717, 1.165) is 21.3 Å². The number of nitrogens with zero attached hydrogens (tertiary/aromatic N) is 1. The Morgan fingerprint density at radius 2 is 2.25 bits per heavy atom. The van der Waals surface area contributed by atoms with Crippen molar-refractivity contribution in [3.63, 3.8) is 0 Å². The van der Waals surface area contributed by atoms with Crippen molar-refractivity contribution < 1.29 is 4.79 Å². The second-order valence-corrected chi connectivity index (χ2v) is 5.32. The van der Waals surface area contributed by atoms with Crippen LogP contribution in [-0.4, -0.2) is 22.5 Å². The van der Waals surface area contributed by atoms with Gasteiger partial charge in [0, 0.05) is 18.9 Å². The first-order valence-corrected chi connectivity index (χ1v) is 7.16. The summed E-state index contributed by atoms with van der Waals surface area (Å²) < 4.78 is 1.05. The highest BCUT2D eigenvalue weighted by molar-refractivity contribution is 7.22. The van der Waals surface area contributed by atoms with Gasteiger partial charge in [0.15, 0.2) is 5.13 Å². The van der Waals surface area contributed by atoms with Crippen molar-refractivity contribution in [1.29, 1.82) is 0 Å². The van der Waals surface area contributed by atoms with Gasteiger partial charge < -0.3 is 10.3 Å². The van der Waals surface area contributed by atoms with E-state index in [1.165, 1.54) is 11.3 Å². The molecule has 0 atom stereocenters. The number of aromatic amines is 1. The van der Waals surface area contributed by atoms with Crippen molar-refractivity contribution in [1.82, 2.24) is 15.3 Å². The number of hydrogen-bond acceptors (Lipinski definition) is 3. The summed E-state index contributed by atoms with van der Waals surface area (Å²) in [6.07, 6.45) is 3.85. The normalized spacial score (nSPS) is 10.7. The van der Waals surface area contributed by atoms with Crippen LogP contribution in [0, 0.1) is 0 Å². The van der Waals surface area contributed by atoms with Crippen molar-refractivity contribution in [3.8, 4) is 11.1 Å². The molecular weight excluding hydrogens is 272 g/mol. The van der Waals surface area contributed by atoms with Gasteiger partial charge in [0.25, 0.3) is 0 Å². The minimum atomic E-state index is -0.225. The third-order valence-electron chi connectivity index (χ3n) is 2.88. The molecule has 0 aliphatic carbocycles. The highest BCUT2D eigenvalue weighted by Crippen LogP contribution is 2.30. The Morgan fingerprint density at radius 3 is 3.00 bits per heavy atom. The molecule has 0 radical (unpaired) electrons. The predicted molar refractivity (Wildman–Crippen MR) is 82.1 cm³/mol. The number of nitrogens with one attached hydrogen (secondary N) is 3. The minimum absolute atomic E-state index is 0.225. The first-order valence-electron chi connectivity index (χ1n) is 6.35. The van der Waals surface area contributed by atoms with Gasteiger partial charge in [-0.3, -0.25) is 5.32 Å². The van der Waals surface area contributed by atoms with E-state index in [4.69, 9.17) is 0 Å². The molecule has 1 aromatic carbocycles. The number of fused-ring (bicyclic) bond motifs is 1. The summed E-state index contributed by atoms with van der Waals surface area (Å²) in [6.45, 7) is 2.47. The second kappa shape index (κ2) is 5.34. The lowest BCUT2D eigenvalue weighted by Crippen LogP contribution is -2.28. The first-order chi connectivity index (χ1) is 9.76. The fraction of sp³-hybridized carbons (Fsp3) is 0.143. The number of anilines is 1. The summed E-state index contributed by atoms with van der Waals surface area (Å²) in [5.74, 6) is 0. The molecule has 3 aromatic rings. The Bertz CT molecular complexity index is 733. The fourth-order valence-corrected chi connectivity index (χ4v) is 2.86. The molecule has 2 aromatic heterocycles. The number of carbonyl (C=O) groups is 1. The van der Waals surface area contributed by atoms with Gasteiger partial charge in [-0.1, -0.05) is 17.4 Å². The van der Waals surface area contributed by atoms with E-state index in [1.54, 1.807) is 0 Å². The Kier molecular flexibility index (Phi) is 3.39. The number of aromatic nitrogens is 2. The van der Waals surface area contributed by atoms with E-state index < -0.39 is 0 Å². The summed E-state index contributed by atoms with van der Waals surface area (Å²) in [4.78, 5) is 18.9. The average molecular weight is 286 g/mol. The molecule has 20 heavy (non-hydrogen) atoms. The summed E-state index contributed by atoms with van der Waals surface area (Å²) in [5.41, 5.74) is 3.16. The number of thiazole rings is 1. The topological polar surface area (TPSA) is 69.8 Å². The molecule has 0 saturated heterocycles. The highest BCUT2D eigenvalue weighted by Gasteiger charge is 2.08. The van der Waals surface area contributed by atoms with Crippen molar-refractivity contribution in [2.45, 2.75) is 6.92 Å². The number of benzene rings is 1. The monoisotopic (exact) mass is 286 g/mol. The highest BCUT2D eigenvalue weighted by atomic mass is 32.1. The molecule has 0 unspecified atom stereocenters. The molecule has 0 aliphatic rings. The van der Waals surface area contributed by atoms with Crippen LogP contribution in [0.2, 0.25) is 0 Å². The maximum atomic E-state index is 11.5. The quantitative estimate of drug-likeness (QED) is 0.690. The van der Waals surface area contributed by atoms with Crippen LogP contribution >= 0.6 is 11.3 Å². The maximum Gasteiger partial charge on any atom is 0.321 e. The molecule has 3 N–H and O–H groups in total. The van der Waals surface area contributed by atoms with Gasteiger partial charge in [-0.05, 0) is 36.2 Å². The zero-order valence-electron chi connectivity index (χ0n) is 10.9. The van der Waals surface area contributed by atoms with Crippen molar-refractivity contribution in [2.75, 3.05) is 11.9 Å². The van der Waals surface area contributed by atoms with Crippen molar-refractivity contribution in [2.24, 2.45) is 0 Å². The van der Waals surface area contributed by atoms with E-state index in [-0.39, 0.29) is 6.03 Å². The Balaban J connectivity index is 1.89. The molecule has 0 spiro atoms. The largest absolute Gasteiger partial charge is 0.367 e. The van der Waals surface area contributed by atoms with Gasteiger partial charge in [-0.2, -0.15) is 0 Å². The molecule has 102 valence electrons. The molecule has 0 bridgehead atoms. The summed E-state index contributed by atoms with van der Waals surface area (Å²) in [5, 5.41) is 6.03. The molecule has 0 saturated carbocycles. The summed E-state index contributed by atoms with van der Waals surface area (Å²) >= 11 is 1.47. The van der Waals surface area contributed by atoms with E-state index in [0.29, 0.717) is 11.7 Å². The molecular formula is C14H14N4OS. The van der Waals surface area contributed by atoms with Gasteiger partial charge in [-0.15, -0.1) is 0 Å². The summed E-state index contributed by atoms with van der Waals surface area (Å²) in [6, 6.07) is 7.88. The standard InChI is InChI=1S/C14H14N4OS/c1-2-16-13(19)18-14-17-11-4-3-9(7-12(11)20-14)10-5-6-15-8-10/h3-8,15H,2H2,1H3,(H2,16,17,18,19). The number of H-pyrrole nitrogens is 1. The molecule has 2 amide bonds. The van der Waals surface area contributed by atoms with Gasteiger partial charge in [0.1, 0.15) is 0 Å². The molecule has 5 nitrogen and oxygen atoms in total. The van der Waals surface area contributed by atoms with Gasteiger partial charge >= 0.3 is 6.03 Å². The number of urea groups is 1. The lowest BCUT2D eigenvalue weighted by molar-refractivity contribution is 0.252. The average Bonchev–Trinajstić information content (AvgIpc) is 3.06. The molecule has 2 heterocycles. The molecule has 0 fully saturated rings. The zero-order chi connectivity index (χ0) is 13.9. The van der Waals surface area contributed by atoms with E-state index in [9.17, 15) is 4.79 Å². The Hall–Kier alpha value is -2.34. The smallest absolute Gasteiger partial charge is 0.321 e. The number of amides is 2. The van der Waals surface area contributed by atoms with Crippen molar-refractivity contribution >= 4 is 32.7 Å². The van der Waals surface area contributed by atoms with Gasteiger partial charge in [0.05, 0.1) is 10.2 Å². The number of carbonyl (C=O) groups excluding carboxylic acids is 1. The van der Waals surface area contributed by atoms with Crippen LogP contribution in [0.5, 0.6) is 0 Å². The maximum absolute atomic E-state index is 11.5. The summed E-state index contributed by atoms with van der Waals surface area (Å²) in [7, 11) is 0. The van der Waals surface area contributed by atoms with Gasteiger partial charge in [-0.25, -0.2) is 9.78 Å². The lowest BCUT2D eigenvalue weighted by Gasteiger charge is -2.00. The second-order valence-electron chi connectivity index (χ2n) is 4.29. The third-order valence-corrected chi connectivity index (χ3v) is 3.81. The zero-order valence-corrected chi connectivity index (χ0v) is 11.8. The van der Waals surface area contributed by atoms with Crippen LogP contribution in [-0.2, 0) is 0 Å².